The van der Waals surface area contributed by atoms with Gasteiger partial charge in [0, 0.05) is 12.6 Å². The minimum atomic E-state index is 0.0816. The average molecular weight is 212 g/mol. The number of amides is 1. The Balaban J connectivity index is 3.53. The van der Waals surface area contributed by atoms with Crippen LogP contribution in [0.4, 0.5) is 0 Å². The minimum Gasteiger partial charge on any atom is -0.353 e. The Hall–Kier alpha value is -0.830. The summed E-state index contributed by atoms with van der Waals surface area (Å²) in [5.41, 5.74) is 1.27. The molecule has 15 heavy (non-hydrogen) atoms. The first-order valence-corrected chi connectivity index (χ1v) is 5.69. The lowest BCUT2D eigenvalue weighted by atomic mass is 10.2. The standard InChI is InChI=1S/C12H24N2O/c1-5-6-11(4)14-12(15)9-13-8-7-10(2)3/h7,11,13H,5-6,8-9H2,1-4H3,(H,14,15). The fourth-order valence-electron chi connectivity index (χ4n) is 1.29. The molecule has 0 radical (unpaired) electrons. The van der Waals surface area contributed by atoms with Crippen molar-refractivity contribution >= 4 is 5.91 Å². The number of hydrogen-bond acceptors (Lipinski definition) is 2. The summed E-state index contributed by atoms with van der Waals surface area (Å²) < 4.78 is 0. The summed E-state index contributed by atoms with van der Waals surface area (Å²) in [4.78, 5) is 11.4. The van der Waals surface area contributed by atoms with Gasteiger partial charge in [0.05, 0.1) is 6.54 Å². The van der Waals surface area contributed by atoms with Crippen LogP contribution >= 0.6 is 0 Å². The number of rotatable bonds is 7. The lowest BCUT2D eigenvalue weighted by Gasteiger charge is -2.12. The zero-order valence-electron chi connectivity index (χ0n) is 10.4. The smallest absolute Gasteiger partial charge is 0.234 e. The van der Waals surface area contributed by atoms with Crippen molar-refractivity contribution in [3.05, 3.63) is 11.6 Å². The van der Waals surface area contributed by atoms with Crippen molar-refractivity contribution in [2.45, 2.75) is 46.6 Å². The lowest BCUT2D eigenvalue weighted by molar-refractivity contribution is -0.120. The summed E-state index contributed by atoms with van der Waals surface area (Å²) in [5, 5.41) is 6.02. The second-order valence-electron chi connectivity index (χ2n) is 4.17. The molecule has 1 amide bonds. The van der Waals surface area contributed by atoms with Gasteiger partial charge in [-0.2, -0.15) is 0 Å². The molecule has 0 aliphatic carbocycles. The van der Waals surface area contributed by atoms with E-state index in [-0.39, 0.29) is 11.9 Å². The third kappa shape index (κ3) is 9.47. The zero-order chi connectivity index (χ0) is 11.7. The Morgan fingerprint density at radius 2 is 2.07 bits per heavy atom. The predicted octanol–water partition coefficient (Wildman–Crippen LogP) is 1.85. The summed E-state index contributed by atoms with van der Waals surface area (Å²) in [5.74, 6) is 0.0816. The predicted molar refractivity (Wildman–Crippen MR) is 64.8 cm³/mol. The van der Waals surface area contributed by atoms with Crippen LogP contribution in [0.2, 0.25) is 0 Å². The lowest BCUT2D eigenvalue weighted by Crippen LogP contribution is -2.39. The van der Waals surface area contributed by atoms with Crippen molar-refractivity contribution < 1.29 is 4.79 Å². The average Bonchev–Trinajstić information content (AvgIpc) is 2.12. The molecule has 0 rings (SSSR count). The van der Waals surface area contributed by atoms with Gasteiger partial charge in [0.25, 0.3) is 0 Å². The summed E-state index contributed by atoms with van der Waals surface area (Å²) in [6.45, 7) is 9.42. The Bertz CT molecular complexity index is 208. The van der Waals surface area contributed by atoms with Crippen molar-refractivity contribution in [1.29, 1.82) is 0 Å². The molecule has 0 aliphatic rings. The molecule has 88 valence electrons. The van der Waals surface area contributed by atoms with Gasteiger partial charge in [0.2, 0.25) is 5.91 Å². The number of allylic oxidation sites excluding steroid dienone is 1. The van der Waals surface area contributed by atoms with Crippen LogP contribution in [0.25, 0.3) is 0 Å². The van der Waals surface area contributed by atoms with Crippen LogP contribution in [0, 0.1) is 0 Å². The fourth-order valence-corrected chi connectivity index (χ4v) is 1.29. The molecule has 2 N–H and O–H groups in total. The van der Waals surface area contributed by atoms with E-state index in [4.69, 9.17) is 0 Å². The highest BCUT2D eigenvalue weighted by Gasteiger charge is 2.04. The molecule has 0 saturated heterocycles. The van der Waals surface area contributed by atoms with Gasteiger partial charge < -0.3 is 10.6 Å². The van der Waals surface area contributed by atoms with Gasteiger partial charge in [-0.15, -0.1) is 0 Å². The third-order valence-corrected chi connectivity index (χ3v) is 2.07. The van der Waals surface area contributed by atoms with Crippen LogP contribution in [0.1, 0.15) is 40.5 Å². The van der Waals surface area contributed by atoms with E-state index in [1.165, 1.54) is 5.57 Å². The number of carbonyl (C=O) groups excluding carboxylic acids is 1. The number of carbonyl (C=O) groups is 1. The zero-order valence-corrected chi connectivity index (χ0v) is 10.4. The molecule has 0 bridgehead atoms. The van der Waals surface area contributed by atoms with Crippen molar-refractivity contribution in [2.24, 2.45) is 0 Å². The van der Waals surface area contributed by atoms with E-state index in [9.17, 15) is 4.79 Å². The van der Waals surface area contributed by atoms with Crippen LogP contribution in [0.15, 0.2) is 11.6 Å². The SMILES string of the molecule is CCCC(C)NC(=O)CNCC=C(C)C. The van der Waals surface area contributed by atoms with Gasteiger partial charge in [-0.3, -0.25) is 4.79 Å². The highest BCUT2D eigenvalue weighted by Crippen LogP contribution is 1.93. The van der Waals surface area contributed by atoms with E-state index in [0.717, 1.165) is 19.4 Å². The summed E-state index contributed by atoms with van der Waals surface area (Å²) in [6, 6.07) is 0.285. The van der Waals surface area contributed by atoms with Gasteiger partial charge in [0.15, 0.2) is 0 Å². The first-order chi connectivity index (χ1) is 7.06. The van der Waals surface area contributed by atoms with Crippen molar-refractivity contribution in [1.82, 2.24) is 10.6 Å². The van der Waals surface area contributed by atoms with Crippen molar-refractivity contribution in [2.75, 3.05) is 13.1 Å². The molecule has 1 unspecified atom stereocenters. The molecule has 3 nitrogen and oxygen atoms in total. The van der Waals surface area contributed by atoms with E-state index in [1.807, 2.05) is 20.8 Å². The first kappa shape index (κ1) is 14.2. The molecule has 0 heterocycles. The molecule has 1 atom stereocenters. The molecule has 0 aromatic carbocycles. The normalized spacial score (nSPS) is 12.0. The summed E-state index contributed by atoms with van der Waals surface area (Å²) in [7, 11) is 0. The molecule has 0 saturated carbocycles. The van der Waals surface area contributed by atoms with E-state index in [0.29, 0.717) is 6.54 Å². The van der Waals surface area contributed by atoms with Crippen molar-refractivity contribution in [3.63, 3.8) is 0 Å². The van der Waals surface area contributed by atoms with E-state index >= 15 is 0 Å². The maximum absolute atomic E-state index is 11.4. The molecule has 0 spiro atoms. The van der Waals surface area contributed by atoms with E-state index in [1.54, 1.807) is 0 Å². The largest absolute Gasteiger partial charge is 0.353 e. The highest BCUT2D eigenvalue weighted by atomic mass is 16.1. The molecule has 0 aromatic heterocycles. The molecule has 0 aromatic rings. The molecule has 3 heteroatoms. The van der Waals surface area contributed by atoms with Crippen LogP contribution in [0.3, 0.4) is 0 Å². The maximum atomic E-state index is 11.4. The van der Waals surface area contributed by atoms with Crippen LogP contribution in [-0.4, -0.2) is 25.0 Å². The quantitative estimate of drug-likeness (QED) is 0.499. The van der Waals surface area contributed by atoms with Gasteiger partial charge in [-0.25, -0.2) is 0 Å². The second kappa shape index (κ2) is 8.48. The molecular weight excluding hydrogens is 188 g/mol. The van der Waals surface area contributed by atoms with E-state index < -0.39 is 0 Å². The summed E-state index contributed by atoms with van der Waals surface area (Å²) >= 11 is 0. The molecule has 0 fully saturated rings. The molecule has 0 aliphatic heterocycles. The second-order valence-corrected chi connectivity index (χ2v) is 4.17. The third-order valence-electron chi connectivity index (χ3n) is 2.07. The van der Waals surface area contributed by atoms with E-state index in [2.05, 4.69) is 23.6 Å². The maximum Gasteiger partial charge on any atom is 0.234 e. The Morgan fingerprint density at radius 1 is 1.40 bits per heavy atom. The number of hydrogen-bond donors (Lipinski definition) is 2. The monoisotopic (exact) mass is 212 g/mol. The van der Waals surface area contributed by atoms with Gasteiger partial charge in [0.1, 0.15) is 0 Å². The Morgan fingerprint density at radius 3 is 2.60 bits per heavy atom. The van der Waals surface area contributed by atoms with Crippen LogP contribution in [-0.2, 0) is 4.79 Å². The Kier molecular flexibility index (Phi) is 8.01. The van der Waals surface area contributed by atoms with Crippen molar-refractivity contribution in [3.8, 4) is 0 Å². The first-order valence-electron chi connectivity index (χ1n) is 5.69. The van der Waals surface area contributed by atoms with Gasteiger partial charge >= 0.3 is 0 Å². The topological polar surface area (TPSA) is 41.1 Å². The molecular formula is C12H24N2O. The van der Waals surface area contributed by atoms with Crippen LogP contribution < -0.4 is 10.6 Å². The van der Waals surface area contributed by atoms with Crippen LogP contribution in [0.5, 0.6) is 0 Å². The Labute approximate surface area is 93.3 Å². The van der Waals surface area contributed by atoms with Gasteiger partial charge in [-0.05, 0) is 27.2 Å². The fraction of sp³-hybridized carbons (Fsp3) is 0.750. The van der Waals surface area contributed by atoms with Gasteiger partial charge in [-0.1, -0.05) is 25.0 Å². The summed E-state index contributed by atoms with van der Waals surface area (Å²) in [6.07, 6.45) is 4.22. The highest BCUT2D eigenvalue weighted by molar-refractivity contribution is 5.78. The minimum absolute atomic E-state index is 0.0816. The number of nitrogens with one attached hydrogen (secondary N) is 2.